The molecule has 5 rings (SSSR count). The van der Waals surface area contributed by atoms with Crippen molar-refractivity contribution in [2.75, 3.05) is 11.5 Å². The zero-order valence-electron chi connectivity index (χ0n) is 22.4. The Morgan fingerprint density at radius 3 is 1.57 bits per heavy atom. The molecule has 0 spiro atoms. The van der Waals surface area contributed by atoms with Crippen molar-refractivity contribution in [2.24, 2.45) is 0 Å². The van der Waals surface area contributed by atoms with Crippen LogP contribution in [0.2, 0.25) is 0 Å². The maximum absolute atomic E-state index is 2.41. The van der Waals surface area contributed by atoms with Crippen LogP contribution in [0.3, 0.4) is 0 Å². The van der Waals surface area contributed by atoms with Crippen molar-refractivity contribution in [3.05, 3.63) is 77.5 Å². The minimum absolute atomic E-state index is 1.26. The first-order valence-electron chi connectivity index (χ1n) is 13.4. The average Bonchev–Trinajstić information content (AvgIpc) is 3.77. The molecule has 0 saturated heterocycles. The van der Waals surface area contributed by atoms with Crippen LogP contribution in [-0.2, 0) is 0 Å². The average molecular weight is 753 g/mol. The molecule has 0 amide bonds. The third-order valence-corrected chi connectivity index (χ3v) is 21.6. The van der Waals surface area contributed by atoms with Crippen molar-refractivity contribution in [2.45, 2.75) is 65.2 Å². The highest BCUT2D eigenvalue weighted by molar-refractivity contribution is 8.49. The highest BCUT2D eigenvalue weighted by Crippen LogP contribution is 2.71. The van der Waals surface area contributed by atoms with Gasteiger partial charge in [-0.05, 0) is 63.7 Å². The third-order valence-electron chi connectivity index (χ3n) is 5.70. The fourth-order valence-corrected chi connectivity index (χ4v) is 19.7. The maximum Gasteiger partial charge on any atom is 0.0718 e. The molecule has 0 saturated carbocycles. The molecule has 0 radical (unpaired) electrons. The summed E-state index contributed by atoms with van der Waals surface area (Å²) < 4.78 is 13.3. The molecule has 12 heteroatoms. The molecule has 0 fully saturated rings. The first kappa shape index (κ1) is 33.5. The van der Waals surface area contributed by atoms with E-state index in [1.54, 1.807) is 8.47 Å². The molecule has 5 aliphatic rings. The summed E-state index contributed by atoms with van der Waals surface area (Å²) in [5.41, 5.74) is 1.34. The second-order valence-corrected chi connectivity index (χ2v) is 23.3. The Morgan fingerprint density at radius 2 is 1.02 bits per heavy atom. The van der Waals surface area contributed by atoms with Crippen molar-refractivity contribution in [3.63, 3.8) is 0 Å². The van der Waals surface area contributed by atoms with Gasteiger partial charge in [0.25, 0.3) is 0 Å². The largest absolute Gasteiger partial charge is 0.117 e. The van der Waals surface area contributed by atoms with Gasteiger partial charge in [-0.2, -0.15) is 0 Å². The SMILES string of the molecule is CCCCCCSC1=C(SCCCCCC)SC(=C2SC3=C(SC(=CC(C=C4SC=CS4)=C4SC=CS4)S3)S2)S1. The van der Waals surface area contributed by atoms with Crippen LogP contribution in [0.5, 0.6) is 0 Å². The van der Waals surface area contributed by atoms with Crippen LogP contribution in [-0.4, -0.2) is 11.5 Å². The molecule has 0 aromatic carbocycles. The molecule has 0 N–H and O–H groups in total. The van der Waals surface area contributed by atoms with Gasteiger partial charge in [0.05, 0.1) is 33.9 Å². The number of rotatable bonds is 14. The van der Waals surface area contributed by atoms with E-state index < -0.39 is 0 Å². The Morgan fingerprint density at radius 1 is 0.550 bits per heavy atom. The first-order chi connectivity index (χ1) is 19.7. The van der Waals surface area contributed by atoms with Gasteiger partial charge in [-0.3, -0.25) is 0 Å². The fourth-order valence-electron chi connectivity index (χ4n) is 3.71. The minimum atomic E-state index is 1.26. The summed E-state index contributed by atoms with van der Waals surface area (Å²) >= 11 is 23.7. The Balaban J connectivity index is 1.20. The summed E-state index contributed by atoms with van der Waals surface area (Å²) in [4.78, 5) is 0. The van der Waals surface area contributed by atoms with Gasteiger partial charge in [0, 0.05) is 4.24 Å². The standard InChI is InChI=1S/C28H32S12/c1-3-5-7-9-11-31-23-24(32-12-10-8-6-4-2)38-27(37-23)28-39-25-26(40-28)36-21(35-25)18-19(22-33-15-16-34-22)17-20-29-13-14-30-20/h13-18H,3-12H2,1-2H3. The van der Waals surface area contributed by atoms with Gasteiger partial charge in [0.2, 0.25) is 0 Å². The summed E-state index contributed by atoms with van der Waals surface area (Å²) in [6.07, 6.45) is 15.6. The maximum atomic E-state index is 2.41. The van der Waals surface area contributed by atoms with E-state index in [-0.39, 0.29) is 0 Å². The van der Waals surface area contributed by atoms with Crippen molar-refractivity contribution >= 4 is 141 Å². The van der Waals surface area contributed by atoms with E-state index in [0.717, 1.165) is 0 Å². The summed E-state index contributed by atoms with van der Waals surface area (Å²) in [5.74, 6) is 2.51. The molecule has 0 aromatic rings. The molecule has 216 valence electrons. The predicted octanol–water partition coefficient (Wildman–Crippen LogP) is 15.2. The van der Waals surface area contributed by atoms with Crippen molar-refractivity contribution in [3.8, 4) is 0 Å². The number of hydrogen-bond acceptors (Lipinski definition) is 12. The highest BCUT2D eigenvalue weighted by atomic mass is 32.3. The predicted molar refractivity (Wildman–Crippen MR) is 212 cm³/mol. The third kappa shape index (κ3) is 10.1. The van der Waals surface area contributed by atoms with Crippen LogP contribution in [0, 0.1) is 0 Å². The van der Waals surface area contributed by atoms with E-state index in [4.69, 9.17) is 0 Å². The molecular weight excluding hydrogens is 721 g/mol. The van der Waals surface area contributed by atoms with Gasteiger partial charge in [-0.1, -0.05) is 170 Å². The number of hydrogen-bond donors (Lipinski definition) is 0. The molecule has 0 aliphatic carbocycles. The van der Waals surface area contributed by atoms with Crippen LogP contribution in [0.25, 0.3) is 0 Å². The molecule has 0 atom stereocenters. The van der Waals surface area contributed by atoms with Crippen molar-refractivity contribution in [1.29, 1.82) is 0 Å². The smallest absolute Gasteiger partial charge is 0.0718 e. The summed E-state index contributed by atoms with van der Waals surface area (Å²) in [6, 6.07) is 0. The van der Waals surface area contributed by atoms with Gasteiger partial charge < -0.3 is 0 Å². The molecular formula is C28H32S12. The quantitative estimate of drug-likeness (QED) is 0.155. The van der Waals surface area contributed by atoms with Crippen LogP contribution < -0.4 is 0 Å². The Hall–Kier alpha value is 2.12. The molecule has 5 aliphatic heterocycles. The monoisotopic (exact) mass is 752 g/mol. The first-order valence-corrected chi connectivity index (χ1v) is 23.8. The Bertz CT molecular complexity index is 1110. The normalized spacial score (nSPS) is 20.3. The van der Waals surface area contributed by atoms with E-state index in [2.05, 4.69) is 94.7 Å². The Kier molecular flexibility index (Phi) is 15.3. The van der Waals surface area contributed by atoms with Gasteiger partial charge in [-0.15, -0.1) is 23.5 Å². The van der Waals surface area contributed by atoms with E-state index in [1.807, 2.05) is 94.1 Å². The van der Waals surface area contributed by atoms with Crippen molar-refractivity contribution < 1.29 is 0 Å². The lowest BCUT2D eigenvalue weighted by atomic mass is 10.2. The molecule has 0 bridgehead atoms. The van der Waals surface area contributed by atoms with E-state index in [9.17, 15) is 0 Å². The van der Waals surface area contributed by atoms with Crippen LogP contribution in [0.15, 0.2) is 77.5 Å². The van der Waals surface area contributed by atoms with Crippen molar-refractivity contribution in [1.82, 2.24) is 0 Å². The lowest BCUT2D eigenvalue weighted by molar-refractivity contribution is 0.707. The lowest BCUT2D eigenvalue weighted by Gasteiger charge is -2.07. The summed E-state index contributed by atoms with van der Waals surface area (Å²) in [6.45, 7) is 4.60. The van der Waals surface area contributed by atoms with Gasteiger partial charge in [0.1, 0.15) is 0 Å². The number of thioether (sulfide) groups is 12. The number of unbranched alkanes of at least 4 members (excludes halogenated alkanes) is 6. The topological polar surface area (TPSA) is 0 Å². The molecule has 0 aromatic heterocycles. The minimum Gasteiger partial charge on any atom is -0.117 e. The second-order valence-electron chi connectivity index (χ2n) is 8.84. The van der Waals surface area contributed by atoms with E-state index in [1.165, 1.54) is 98.1 Å². The van der Waals surface area contributed by atoms with Gasteiger partial charge in [-0.25, -0.2) is 0 Å². The van der Waals surface area contributed by atoms with Crippen LogP contribution in [0.4, 0.5) is 0 Å². The highest BCUT2D eigenvalue weighted by Gasteiger charge is 2.35. The number of allylic oxidation sites excluding steroid dienone is 3. The summed E-state index contributed by atoms with van der Waals surface area (Å²) in [5, 5.41) is 8.75. The molecule has 0 nitrogen and oxygen atoms in total. The van der Waals surface area contributed by atoms with E-state index in [0.29, 0.717) is 0 Å². The Labute approximate surface area is 292 Å². The van der Waals surface area contributed by atoms with E-state index >= 15 is 0 Å². The lowest BCUT2D eigenvalue weighted by Crippen LogP contribution is -1.83. The van der Waals surface area contributed by atoms with Gasteiger partial charge >= 0.3 is 0 Å². The zero-order chi connectivity index (χ0) is 27.6. The van der Waals surface area contributed by atoms with Crippen LogP contribution >= 0.6 is 141 Å². The molecule has 40 heavy (non-hydrogen) atoms. The second kappa shape index (κ2) is 18.3. The zero-order valence-corrected chi connectivity index (χ0v) is 32.2. The molecule has 0 unspecified atom stereocenters. The van der Waals surface area contributed by atoms with Gasteiger partial charge in [0.15, 0.2) is 0 Å². The fraction of sp³-hybridized carbons (Fsp3) is 0.429. The van der Waals surface area contributed by atoms with Crippen LogP contribution in [0.1, 0.15) is 65.2 Å². The molecule has 5 heterocycles. The summed E-state index contributed by atoms with van der Waals surface area (Å²) in [7, 11) is 0.